The number of ether oxygens (including phenoxy) is 1. The molecule has 3 N–H and O–H groups in total. The van der Waals surface area contributed by atoms with Gasteiger partial charge in [-0.15, -0.1) is 24.0 Å². The molecular formula is C21H30IN7O2. The fourth-order valence-corrected chi connectivity index (χ4v) is 3.11. The smallest absolute Gasteiger partial charge is 0.191 e. The standard InChI is InChI=1S/C21H29N7O2.HI/c1-5-14(6-2)18-11-17(30-28-18)12-23-21(22-3)24-13-19-25-20(27-26-19)15-7-9-16(29-4)10-8-15;/h7-11,14H,5-6,12-13H2,1-4H3,(H2,22,23,24)(H,25,26,27);1H. The van der Waals surface area contributed by atoms with Gasteiger partial charge in [-0.2, -0.15) is 5.10 Å². The van der Waals surface area contributed by atoms with Crippen LogP contribution in [0, 0.1) is 0 Å². The number of hydrogen-bond donors (Lipinski definition) is 3. The van der Waals surface area contributed by atoms with E-state index in [4.69, 9.17) is 9.26 Å². The largest absolute Gasteiger partial charge is 0.497 e. The molecular weight excluding hydrogens is 509 g/mol. The first-order chi connectivity index (χ1) is 14.7. The van der Waals surface area contributed by atoms with Crippen LogP contribution in [0.15, 0.2) is 39.8 Å². The summed E-state index contributed by atoms with van der Waals surface area (Å²) in [5.41, 5.74) is 1.92. The van der Waals surface area contributed by atoms with Gasteiger partial charge in [0.05, 0.1) is 25.9 Å². The normalized spacial score (nSPS) is 11.3. The lowest BCUT2D eigenvalue weighted by molar-refractivity contribution is 0.368. The molecule has 0 spiro atoms. The van der Waals surface area contributed by atoms with Crippen LogP contribution in [0.25, 0.3) is 11.4 Å². The Kier molecular flexibility index (Phi) is 9.76. The second-order valence-corrected chi connectivity index (χ2v) is 6.85. The van der Waals surface area contributed by atoms with Crippen molar-refractivity contribution in [3.05, 3.63) is 47.6 Å². The number of nitrogens with zero attached hydrogens (tertiary/aromatic N) is 4. The van der Waals surface area contributed by atoms with Crippen LogP contribution < -0.4 is 15.4 Å². The summed E-state index contributed by atoms with van der Waals surface area (Å²) in [4.78, 5) is 8.75. The van der Waals surface area contributed by atoms with Gasteiger partial charge in [0.1, 0.15) is 11.6 Å². The Morgan fingerprint density at radius 3 is 2.52 bits per heavy atom. The van der Waals surface area contributed by atoms with Crippen LogP contribution >= 0.6 is 24.0 Å². The van der Waals surface area contributed by atoms with Crippen molar-refractivity contribution in [2.45, 2.75) is 45.7 Å². The van der Waals surface area contributed by atoms with Gasteiger partial charge in [-0.05, 0) is 37.1 Å². The van der Waals surface area contributed by atoms with E-state index in [0.717, 1.165) is 35.6 Å². The Hall–Kier alpha value is -2.63. The van der Waals surface area contributed by atoms with Crippen LogP contribution in [-0.4, -0.2) is 40.5 Å². The van der Waals surface area contributed by atoms with Gasteiger partial charge in [0.25, 0.3) is 0 Å². The molecule has 0 atom stereocenters. The molecule has 0 fully saturated rings. The summed E-state index contributed by atoms with van der Waals surface area (Å²) < 4.78 is 10.6. The van der Waals surface area contributed by atoms with Gasteiger partial charge in [0.15, 0.2) is 17.5 Å². The van der Waals surface area contributed by atoms with Crippen molar-refractivity contribution in [2.24, 2.45) is 4.99 Å². The molecule has 2 aromatic heterocycles. The summed E-state index contributed by atoms with van der Waals surface area (Å²) in [6, 6.07) is 9.62. The van der Waals surface area contributed by atoms with Crippen molar-refractivity contribution >= 4 is 29.9 Å². The summed E-state index contributed by atoms with van der Waals surface area (Å²) in [5, 5.41) is 17.9. The second-order valence-electron chi connectivity index (χ2n) is 6.85. The number of guanidine groups is 1. The van der Waals surface area contributed by atoms with Crippen molar-refractivity contribution in [1.82, 2.24) is 31.0 Å². The monoisotopic (exact) mass is 539 g/mol. The molecule has 0 aliphatic rings. The molecule has 10 heteroatoms. The van der Waals surface area contributed by atoms with Gasteiger partial charge in [-0.25, -0.2) is 4.98 Å². The molecule has 9 nitrogen and oxygen atoms in total. The van der Waals surface area contributed by atoms with Gasteiger partial charge in [-0.3, -0.25) is 10.1 Å². The van der Waals surface area contributed by atoms with Crippen LogP contribution in [0.3, 0.4) is 0 Å². The van der Waals surface area contributed by atoms with Crippen LogP contribution in [0.2, 0.25) is 0 Å². The van der Waals surface area contributed by atoms with Gasteiger partial charge >= 0.3 is 0 Å². The Balaban J connectivity index is 0.00000341. The van der Waals surface area contributed by atoms with E-state index < -0.39 is 0 Å². The van der Waals surface area contributed by atoms with Gasteiger partial charge in [-0.1, -0.05) is 19.0 Å². The molecule has 0 saturated heterocycles. The lowest BCUT2D eigenvalue weighted by Crippen LogP contribution is -2.36. The predicted molar refractivity (Wildman–Crippen MR) is 131 cm³/mol. The second kappa shape index (κ2) is 12.3. The summed E-state index contributed by atoms with van der Waals surface area (Å²) in [7, 11) is 3.36. The van der Waals surface area contributed by atoms with E-state index in [0.29, 0.717) is 36.6 Å². The Labute approximate surface area is 199 Å². The maximum absolute atomic E-state index is 5.44. The molecule has 0 bridgehead atoms. The van der Waals surface area contributed by atoms with Crippen LogP contribution in [0.5, 0.6) is 5.75 Å². The predicted octanol–water partition coefficient (Wildman–Crippen LogP) is 3.86. The summed E-state index contributed by atoms with van der Waals surface area (Å²) >= 11 is 0. The number of aromatic amines is 1. The van der Waals surface area contributed by atoms with Gasteiger partial charge < -0.3 is 19.9 Å². The molecule has 0 radical (unpaired) electrons. The number of benzene rings is 1. The number of H-pyrrole nitrogens is 1. The first kappa shape index (κ1) is 24.6. The maximum atomic E-state index is 5.44. The lowest BCUT2D eigenvalue weighted by Gasteiger charge is -2.09. The third-order valence-electron chi connectivity index (χ3n) is 4.94. The fourth-order valence-electron chi connectivity index (χ4n) is 3.11. The van der Waals surface area contributed by atoms with E-state index in [1.807, 2.05) is 30.3 Å². The first-order valence-electron chi connectivity index (χ1n) is 10.1. The zero-order valence-corrected chi connectivity index (χ0v) is 20.6. The van der Waals surface area contributed by atoms with Crippen molar-refractivity contribution in [3.8, 4) is 17.1 Å². The molecule has 2 heterocycles. The molecule has 0 aliphatic carbocycles. The Bertz CT molecular complexity index is 949. The number of nitrogens with one attached hydrogen (secondary N) is 3. The number of aliphatic imine (C=N–C) groups is 1. The molecule has 31 heavy (non-hydrogen) atoms. The fraction of sp³-hybridized carbons (Fsp3) is 0.429. The van der Waals surface area contributed by atoms with E-state index in [2.05, 4.69) is 49.8 Å². The summed E-state index contributed by atoms with van der Waals surface area (Å²) in [6.07, 6.45) is 2.10. The quantitative estimate of drug-likeness (QED) is 0.215. The average molecular weight is 539 g/mol. The highest BCUT2D eigenvalue weighted by molar-refractivity contribution is 14.0. The molecule has 3 aromatic rings. The minimum atomic E-state index is 0. The first-order valence-corrected chi connectivity index (χ1v) is 10.1. The SMILES string of the molecule is CCC(CC)c1cc(CNC(=NC)NCc2nc(-c3ccc(OC)cc3)n[nH]2)on1.I. The zero-order chi connectivity index (χ0) is 21.3. The number of aromatic nitrogens is 4. The highest BCUT2D eigenvalue weighted by atomic mass is 127. The molecule has 0 saturated carbocycles. The van der Waals surface area contributed by atoms with Crippen LogP contribution in [0.1, 0.15) is 49.9 Å². The van der Waals surface area contributed by atoms with E-state index in [-0.39, 0.29) is 24.0 Å². The highest BCUT2D eigenvalue weighted by Crippen LogP contribution is 2.22. The van der Waals surface area contributed by atoms with Gasteiger partial charge in [0.2, 0.25) is 0 Å². The molecule has 3 rings (SSSR count). The highest BCUT2D eigenvalue weighted by Gasteiger charge is 2.13. The molecule has 168 valence electrons. The van der Waals surface area contributed by atoms with Crippen molar-refractivity contribution in [3.63, 3.8) is 0 Å². The Morgan fingerprint density at radius 1 is 1.16 bits per heavy atom. The third-order valence-corrected chi connectivity index (χ3v) is 4.94. The topological polar surface area (TPSA) is 113 Å². The number of methoxy groups -OCH3 is 1. The van der Waals surface area contributed by atoms with Crippen molar-refractivity contribution < 1.29 is 9.26 Å². The number of hydrogen-bond acceptors (Lipinski definition) is 6. The molecule has 0 unspecified atom stereocenters. The van der Waals surface area contributed by atoms with Crippen LogP contribution in [0.4, 0.5) is 0 Å². The molecule has 0 amide bonds. The van der Waals surface area contributed by atoms with Crippen molar-refractivity contribution in [2.75, 3.05) is 14.2 Å². The molecule has 0 aliphatic heterocycles. The zero-order valence-electron chi connectivity index (χ0n) is 18.3. The molecule has 1 aromatic carbocycles. The van der Waals surface area contributed by atoms with Crippen LogP contribution in [-0.2, 0) is 13.1 Å². The van der Waals surface area contributed by atoms with E-state index in [9.17, 15) is 0 Å². The van der Waals surface area contributed by atoms with E-state index in [1.165, 1.54) is 0 Å². The minimum Gasteiger partial charge on any atom is -0.497 e. The summed E-state index contributed by atoms with van der Waals surface area (Å²) in [6.45, 7) is 5.28. The summed E-state index contributed by atoms with van der Waals surface area (Å²) in [5.74, 6) is 3.99. The van der Waals surface area contributed by atoms with E-state index >= 15 is 0 Å². The Morgan fingerprint density at radius 2 is 1.87 bits per heavy atom. The number of rotatable bonds is 9. The van der Waals surface area contributed by atoms with Gasteiger partial charge in [0, 0.05) is 24.6 Å². The number of halogens is 1. The van der Waals surface area contributed by atoms with E-state index in [1.54, 1.807) is 14.2 Å². The minimum absolute atomic E-state index is 0. The average Bonchev–Trinajstić information content (AvgIpc) is 3.45. The maximum Gasteiger partial charge on any atom is 0.191 e. The lowest BCUT2D eigenvalue weighted by atomic mass is 9.99. The third kappa shape index (κ3) is 6.68. The van der Waals surface area contributed by atoms with Crippen molar-refractivity contribution in [1.29, 1.82) is 0 Å².